The maximum absolute atomic E-state index is 13.5. The Kier molecular flexibility index (Phi) is 8.35. The Labute approximate surface area is 243 Å². The van der Waals surface area contributed by atoms with Crippen LogP contribution >= 0.6 is 11.6 Å². The normalized spacial score (nSPS) is 13.7. The van der Waals surface area contributed by atoms with Gasteiger partial charge in [0.2, 0.25) is 11.8 Å². The highest BCUT2D eigenvalue weighted by Crippen LogP contribution is 2.32. The molecule has 5 rings (SSSR count). The van der Waals surface area contributed by atoms with E-state index in [1.54, 1.807) is 41.2 Å². The molecular weight excluding hydrogens is 540 g/mol. The zero-order valence-electron chi connectivity index (χ0n) is 23.3. The van der Waals surface area contributed by atoms with Crippen LogP contribution in [0.3, 0.4) is 0 Å². The van der Waals surface area contributed by atoms with Gasteiger partial charge in [-0.05, 0) is 91.8 Å². The number of carbonyl (C=O) groups excluding carboxylic acids is 2. The van der Waals surface area contributed by atoms with Gasteiger partial charge in [0.15, 0.2) is 5.82 Å². The maximum Gasteiger partial charge on any atom is 0.250 e. The molecule has 1 aliphatic carbocycles. The SMILES string of the molecule is CC(C)n1cc(-c2ccc(Cl)c(C[C@H](NC(=O)CC3CC3)C(=O)Nc3ccc(-c4nncn4C)cc3)c2)ccc1=O. The van der Waals surface area contributed by atoms with E-state index in [2.05, 4.69) is 20.8 Å². The maximum atomic E-state index is 13.5. The van der Waals surface area contributed by atoms with Crippen LogP contribution in [0.4, 0.5) is 5.69 Å². The van der Waals surface area contributed by atoms with Crippen LogP contribution in [0.25, 0.3) is 22.5 Å². The van der Waals surface area contributed by atoms with Crippen molar-refractivity contribution >= 4 is 29.1 Å². The third-order valence-electron chi connectivity index (χ3n) is 7.24. The lowest BCUT2D eigenvalue weighted by atomic mass is 9.99. The number of aryl methyl sites for hydroxylation is 1. The molecule has 1 aliphatic rings. The fraction of sp³-hybridized carbons (Fsp3) is 0.323. The summed E-state index contributed by atoms with van der Waals surface area (Å²) in [6.45, 7) is 3.91. The molecule has 1 fully saturated rings. The summed E-state index contributed by atoms with van der Waals surface area (Å²) >= 11 is 6.60. The van der Waals surface area contributed by atoms with Crippen molar-refractivity contribution in [2.24, 2.45) is 13.0 Å². The summed E-state index contributed by atoms with van der Waals surface area (Å²) in [5.41, 5.74) is 3.83. The van der Waals surface area contributed by atoms with E-state index in [4.69, 9.17) is 11.6 Å². The van der Waals surface area contributed by atoms with E-state index in [1.165, 1.54) is 0 Å². The van der Waals surface area contributed by atoms with Crippen LogP contribution < -0.4 is 16.2 Å². The molecule has 1 saturated carbocycles. The predicted molar refractivity (Wildman–Crippen MR) is 160 cm³/mol. The molecule has 41 heavy (non-hydrogen) atoms. The number of benzene rings is 2. The lowest BCUT2D eigenvalue weighted by Crippen LogP contribution is -2.45. The number of rotatable bonds is 10. The van der Waals surface area contributed by atoms with Crippen molar-refractivity contribution < 1.29 is 9.59 Å². The monoisotopic (exact) mass is 572 g/mol. The van der Waals surface area contributed by atoms with Gasteiger partial charge in [0.1, 0.15) is 12.4 Å². The largest absolute Gasteiger partial charge is 0.344 e. The Morgan fingerprint density at radius 1 is 1.02 bits per heavy atom. The van der Waals surface area contributed by atoms with Gasteiger partial charge in [-0.3, -0.25) is 14.4 Å². The van der Waals surface area contributed by atoms with E-state index < -0.39 is 6.04 Å². The van der Waals surface area contributed by atoms with Gasteiger partial charge in [-0.2, -0.15) is 0 Å². The minimum atomic E-state index is -0.836. The van der Waals surface area contributed by atoms with Crippen molar-refractivity contribution in [3.05, 3.63) is 88.1 Å². The highest BCUT2D eigenvalue weighted by Gasteiger charge is 2.28. The number of anilines is 1. The number of halogens is 1. The summed E-state index contributed by atoms with van der Waals surface area (Å²) in [7, 11) is 1.86. The van der Waals surface area contributed by atoms with Crippen LogP contribution in [-0.2, 0) is 23.1 Å². The Balaban J connectivity index is 1.38. The molecule has 0 spiro atoms. The van der Waals surface area contributed by atoms with Crippen molar-refractivity contribution in [2.45, 2.75) is 51.6 Å². The molecule has 10 heteroatoms. The second-order valence-corrected chi connectivity index (χ2v) is 11.3. The third-order valence-corrected chi connectivity index (χ3v) is 7.61. The van der Waals surface area contributed by atoms with Crippen LogP contribution in [0.2, 0.25) is 5.02 Å². The quantitative estimate of drug-likeness (QED) is 0.277. The molecule has 2 amide bonds. The molecular formula is C31H33ClN6O3. The molecule has 212 valence electrons. The lowest BCUT2D eigenvalue weighted by Gasteiger charge is -2.20. The van der Waals surface area contributed by atoms with Crippen LogP contribution in [0.5, 0.6) is 0 Å². The third kappa shape index (κ3) is 6.92. The first-order chi connectivity index (χ1) is 19.7. The van der Waals surface area contributed by atoms with E-state index in [1.807, 2.05) is 55.9 Å². The van der Waals surface area contributed by atoms with Crippen LogP contribution in [0.15, 0.2) is 71.9 Å². The highest BCUT2D eigenvalue weighted by molar-refractivity contribution is 6.31. The molecule has 1 atom stereocenters. The van der Waals surface area contributed by atoms with E-state index >= 15 is 0 Å². The van der Waals surface area contributed by atoms with Crippen LogP contribution in [0, 0.1) is 5.92 Å². The summed E-state index contributed by atoms with van der Waals surface area (Å²) < 4.78 is 3.49. The molecule has 2 aromatic carbocycles. The van der Waals surface area contributed by atoms with Crippen molar-refractivity contribution in [1.29, 1.82) is 0 Å². The summed E-state index contributed by atoms with van der Waals surface area (Å²) in [5.74, 6) is 0.610. The first-order valence-corrected chi connectivity index (χ1v) is 14.1. The number of hydrogen-bond donors (Lipinski definition) is 2. The fourth-order valence-corrected chi connectivity index (χ4v) is 4.93. The first kappa shape index (κ1) is 28.3. The van der Waals surface area contributed by atoms with Gasteiger partial charge in [0.05, 0.1) is 0 Å². The molecule has 4 aromatic rings. The summed E-state index contributed by atoms with van der Waals surface area (Å²) in [5, 5.41) is 14.4. The molecule has 2 heterocycles. The molecule has 9 nitrogen and oxygen atoms in total. The molecule has 2 N–H and O–H groups in total. The van der Waals surface area contributed by atoms with Gasteiger partial charge in [-0.15, -0.1) is 10.2 Å². The second-order valence-electron chi connectivity index (χ2n) is 10.9. The van der Waals surface area contributed by atoms with Crippen LogP contribution in [-0.4, -0.2) is 37.2 Å². The van der Waals surface area contributed by atoms with Gasteiger partial charge >= 0.3 is 0 Å². The van der Waals surface area contributed by atoms with Crippen molar-refractivity contribution in [2.75, 3.05) is 5.32 Å². The zero-order valence-corrected chi connectivity index (χ0v) is 24.1. The van der Waals surface area contributed by atoms with Gasteiger partial charge in [0, 0.05) is 54.5 Å². The topological polar surface area (TPSA) is 111 Å². The fourth-order valence-electron chi connectivity index (χ4n) is 4.73. The van der Waals surface area contributed by atoms with Crippen molar-refractivity contribution in [1.82, 2.24) is 24.6 Å². The highest BCUT2D eigenvalue weighted by atomic mass is 35.5. The predicted octanol–water partition coefficient (Wildman–Crippen LogP) is 5.01. The lowest BCUT2D eigenvalue weighted by molar-refractivity contribution is -0.126. The molecule has 2 aromatic heterocycles. The van der Waals surface area contributed by atoms with Gasteiger partial charge in [-0.1, -0.05) is 17.7 Å². The molecule has 0 aliphatic heterocycles. The average molecular weight is 573 g/mol. The number of aromatic nitrogens is 4. The standard InChI is InChI=1S/C31H33ClN6O3/c1-19(2)38-17-23(9-13-29(38)40)22-8-12-26(32)24(15-22)16-27(35-28(39)14-20-4-5-20)31(41)34-25-10-6-21(7-11-25)30-36-33-18-37(30)3/h6-13,15,17-20,27H,4-5,14,16H2,1-3H3,(H,34,41)(H,35,39)/t27-/m0/s1. The van der Waals surface area contributed by atoms with Crippen molar-refractivity contribution in [3.63, 3.8) is 0 Å². The molecule has 0 saturated heterocycles. The summed E-state index contributed by atoms with van der Waals surface area (Å²) in [6, 6.07) is 15.4. The van der Waals surface area contributed by atoms with Crippen molar-refractivity contribution in [3.8, 4) is 22.5 Å². The molecule has 0 radical (unpaired) electrons. The van der Waals surface area contributed by atoms with E-state index in [-0.39, 0.29) is 29.8 Å². The number of pyridine rings is 1. The summed E-state index contributed by atoms with van der Waals surface area (Å²) in [4.78, 5) is 38.6. The van der Waals surface area contributed by atoms with Crippen LogP contribution in [0.1, 0.15) is 44.7 Å². The van der Waals surface area contributed by atoms with Gasteiger partial charge in [-0.25, -0.2) is 0 Å². The minimum absolute atomic E-state index is 0.0124. The number of carbonyl (C=O) groups is 2. The number of amides is 2. The summed E-state index contributed by atoms with van der Waals surface area (Å²) in [6.07, 6.45) is 6.13. The first-order valence-electron chi connectivity index (χ1n) is 13.7. The number of nitrogens with zero attached hydrogens (tertiary/aromatic N) is 4. The zero-order chi connectivity index (χ0) is 29.1. The Morgan fingerprint density at radius 3 is 2.39 bits per heavy atom. The smallest absolute Gasteiger partial charge is 0.250 e. The average Bonchev–Trinajstić information content (AvgIpc) is 3.66. The minimum Gasteiger partial charge on any atom is -0.344 e. The number of nitrogens with one attached hydrogen (secondary N) is 2. The molecule has 0 unspecified atom stereocenters. The van der Waals surface area contributed by atoms with Gasteiger partial charge in [0.25, 0.3) is 5.56 Å². The van der Waals surface area contributed by atoms with Gasteiger partial charge < -0.3 is 19.8 Å². The van der Waals surface area contributed by atoms with E-state index in [0.29, 0.717) is 28.9 Å². The Morgan fingerprint density at radius 2 is 1.73 bits per heavy atom. The molecule has 0 bridgehead atoms. The second kappa shape index (κ2) is 12.1. The Hall–Kier alpha value is -4.24. The van der Waals surface area contributed by atoms with E-state index in [9.17, 15) is 14.4 Å². The number of hydrogen-bond acceptors (Lipinski definition) is 5. The van der Waals surface area contributed by atoms with E-state index in [0.717, 1.165) is 35.1 Å². The Bertz CT molecular complexity index is 1620.